The van der Waals surface area contributed by atoms with Crippen LogP contribution < -0.4 is 10.1 Å². The third-order valence-corrected chi connectivity index (χ3v) is 2.93. The lowest BCUT2D eigenvalue weighted by molar-refractivity contribution is 0.240. The van der Waals surface area contributed by atoms with Crippen LogP contribution >= 0.6 is 0 Å². The molecule has 0 unspecified atom stereocenters. The first kappa shape index (κ1) is 14.4. The monoisotopic (exact) mass is 273 g/mol. The van der Waals surface area contributed by atoms with Crippen LogP contribution in [-0.2, 0) is 6.54 Å². The van der Waals surface area contributed by atoms with Crippen molar-refractivity contribution in [3.63, 3.8) is 0 Å². The van der Waals surface area contributed by atoms with Gasteiger partial charge in [0.1, 0.15) is 11.6 Å². The summed E-state index contributed by atoms with van der Waals surface area (Å²) in [4.78, 5) is 0. The molecule has 2 rings (SSSR count). The first-order chi connectivity index (χ1) is 9.56. The first-order valence-electron chi connectivity index (χ1n) is 6.81. The molecule has 1 N–H and O–H groups in total. The van der Waals surface area contributed by atoms with E-state index < -0.39 is 0 Å². The maximum Gasteiger partial charge on any atom is 0.146 e. The highest BCUT2D eigenvalue weighted by Crippen LogP contribution is 2.22. The van der Waals surface area contributed by atoms with Crippen LogP contribution in [0.15, 0.2) is 42.5 Å². The zero-order chi connectivity index (χ0) is 14.5. The quantitative estimate of drug-likeness (QED) is 0.864. The largest absolute Gasteiger partial charge is 0.491 e. The summed E-state index contributed by atoms with van der Waals surface area (Å²) in [6, 6.07) is 12.9. The Labute approximate surface area is 119 Å². The van der Waals surface area contributed by atoms with Gasteiger partial charge in [-0.05, 0) is 44.5 Å². The van der Waals surface area contributed by atoms with Gasteiger partial charge in [-0.25, -0.2) is 4.39 Å². The minimum Gasteiger partial charge on any atom is -0.491 e. The Balaban J connectivity index is 2.12. The topological polar surface area (TPSA) is 21.3 Å². The van der Waals surface area contributed by atoms with Gasteiger partial charge in [0.25, 0.3) is 0 Å². The van der Waals surface area contributed by atoms with Crippen LogP contribution in [0, 0.1) is 12.7 Å². The number of nitrogens with one attached hydrogen (secondary N) is 1. The number of halogens is 1. The lowest BCUT2D eigenvalue weighted by atomic mass is 10.1. The molecular formula is C17H20FNO. The van der Waals surface area contributed by atoms with E-state index in [1.54, 1.807) is 12.1 Å². The van der Waals surface area contributed by atoms with Gasteiger partial charge in [0.15, 0.2) is 0 Å². The van der Waals surface area contributed by atoms with Gasteiger partial charge in [-0.1, -0.05) is 24.3 Å². The molecule has 2 aromatic carbocycles. The van der Waals surface area contributed by atoms with Crippen LogP contribution in [0.1, 0.15) is 25.0 Å². The van der Waals surface area contributed by atoms with E-state index in [4.69, 9.17) is 4.74 Å². The van der Waals surface area contributed by atoms with Gasteiger partial charge >= 0.3 is 0 Å². The second-order valence-electron chi connectivity index (χ2n) is 5.11. The molecule has 0 aliphatic rings. The number of rotatable bonds is 5. The van der Waals surface area contributed by atoms with Crippen molar-refractivity contribution in [2.45, 2.75) is 33.4 Å². The number of anilines is 1. The molecule has 0 spiro atoms. The first-order valence-corrected chi connectivity index (χ1v) is 6.81. The molecule has 3 heteroatoms. The van der Waals surface area contributed by atoms with E-state index in [0.29, 0.717) is 12.2 Å². The summed E-state index contributed by atoms with van der Waals surface area (Å²) in [5.74, 6) is 0.598. The van der Waals surface area contributed by atoms with E-state index in [0.717, 1.165) is 16.9 Å². The van der Waals surface area contributed by atoms with Crippen LogP contribution in [-0.4, -0.2) is 6.10 Å². The zero-order valence-electron chi connectivity index (χ0n) is 12.1. The molecule has 106 valence electrons. The molecule has 2 nitrogen and oxygen atoms in total. The maximum atomic E-state index is 13.7. The highest BCUT2D eigenvalue weighted by atomic mass is 19.1. The van der Waals surface area contributed by atoms with Crippen molar-refractivity contribution >= 4 is 5.69 Å². The van der Waals surface area contributed by atoms with Crippen molar-refractivity contribution in [1.82, 2.24) is 0 Å². The molecule has 0 atom stereocenters. The summed E-state index contributed by atoms with van der Waals surface area (Å²) in [6.07, 6.45) is 0.117. The number of ether oxygens (including phenoxy) is 1. The normalized spacial score (nSPS) is 10.7. The number of hydrogen-bond acceptors (Lipinski definition) is 2. The van der Waals surface area contributed by atoms with E-state index in [1.807, 2.05) is 45.0 Å². The molecular weight excluding hydrogens is 253 g/mol. The average Bonchev–Trinajstić information content (AvgIpc) is 2.41. The smallest absolute Gasteiger partial charge is 0.146 e. The molecule has 0 aliphatic carbocycles. The number of para-hydroxylation sites is 1. The Hall–Kier alpha value is -2.03. The van der Waals surface area contributed by atoms with Gasteiger partial charge in [-0.15, -0.1) is 0 Å². The summed E-state index contributed by atoms with van der Waals surface area (Å²) in [6.45, 7) is 6.46. The van der Waals surface area contributed by atoms with E-state index in [2.05, 4.69) is 5.32 Å². The fourth-order valence-corrected chi connectivity index (χ4v) is 1.98. The Kier molecular flexibility index (Phi) is 4.61. The Morgan fingerprint density at radius 3 is 2.65 bits per heavy atom. The number of aryl methyl sites for hydroxylation is 1. The average molecular weight is 273 g/mol. The van der Waals surface area contributed by atoms with Crippen molar-refractivity contribution in [1.29, 1.82) is 0 Å². The van der Waals surface area contributed by atoms with Crippen LogP contribution in [0.25, 0.3) is 0 Å². The van der Waals surface area contributed by atoms with Crippen molar-refractivity contribution in [3.05, 3.63) is 59.4 Å². The Morgan fingerprint density at radius 2 is 1.90 bits per heavy atom. The molecule has 0 saturated heterocycles. The van der Waals surface area contributed by atoms with Crippen molar-refractivity contribution in [2.24, 2.45) is 0 Å². The van der Waals surface area contributed by atoms with Crippen LogP contribution in [0.5, 0.6) is 5.75 Å². The van der Waals surface area contributed by atoms with E-state index in [1.165, 1.54) is 6.07 Å². The molecule has 0 aromatic heterocycles. The van der Waals surface area contributed by atoms with Crippen LogP contribution in [0.2, 0.25) is 0 Å². The molecule has 0 amide bonds. The molecule has 0 bridgehead atoms. The fourth-order valence-electron chi connectivity index (χ4n) is 1.98. The fraction of sp³-hybridized carbons (Fsp3) is 0.294. The predicted octanol–water partition coefficient (Wildman–Crippen LogP) is 4.53. The molecule has 0 aliphatic heterocycles. The summed E-state index contributed by atoms with van der Waals surface area (Å²) in [5.41, 5.74) is 2.56. The lowest BCUT2D eigenvalue weighted by Gasteiger charge is -2.15. The molecule has 2 aromatic rings. The van der Waals surface area contributed by atoms with Gasteiger partial charge in [0.2, 0.25) is 0 Å². The minimum atomic E-state index is -0.238. The van der Waals surface area contributed by atoms with E-state index >= 15 is 0 Å². The standard InChI is InChI=1S/C17H20FNO/c1-12(2)20-17-7-5-4-6-14(17)11-19-16-10-13(3)8-9-15(16)18/h4-10,12,19H,11H2,1-3H3. The Bertz CT molecular complexity index is 581. The highest BCUT2D eigenvalue weighted by Gasteiger charge is 2.06. The number of hydrogen-bond donors (Lipinski definition) is 1. The van der Waals surface area contributed by atoms with E-state index in [-0.39, 0.29) is 11.9 Å². The third kappa shape index (κ3) is 3.73. The predicted molar refractivity (Wildman–Crippen MR) is 80.7 cm³/mol. The van der Waals surface area contributed by atoms with Crippen molar-refractivity contribution in [3.8, 4) is 5.75 Å². The second-order valence-corrected chi connectivity index (χ2v) is 5.11. The molecule has 0 radical (unpaired) electrons. The summed E-state index contributed by atoms with van der Waals surface area (Å²) in [5, 5.41) is 3.13. The third-order valence-electron chi connectivity index (χ3n) is 2.93. The van der Waals surface area contributed by atoms with Gasteiger partial charge in [-0.2, -0.15) is 0 Å². The Morgan fingerprint density at radius 1 is 1.15 bits per heavy atom. The van der Waals surface area contributed by atoms with Gasteiger partial charge < -0.3 is 10.1 Å². The van der Waals surface area contributed by atoms with Crippen LogP contribution in [0.4, 0.5) is 10.1 Å². The molecule has 0 saturated carbocycles. The van der Waals surface area contributed by atoms with Gasteiger partial charge in [0, 0.05) is 12.1 Å². The van der Waals surface area contributed by atoms with Crippen molar-refractivity contribution in [2.75, 3.05) is 5.32 Å². The lowest BCUT2D eigenvalue weighted by Crippen LogP contribution is -2.09. The molecule has 0 heterocycles. The molecule has 20 heavy (non-hydrogen) atoms. The summed E-state index contributed by atoms with van der Waals surface area (Å²) in [7, 11) is 0. The van der Waals surface area contributed by atoms with Gasteiger partial charge in [-0.3, -0.25) is 0 Å². The molecule has 0 fully saturated rings. The van der Waals surface area contributed by atoms with Gasteiger partial charge in [0.05, 0.1) is 11.8 Å². The second kappa shape index (κ2) is 6.42. The summed E-state index contributed by atoms with van der Waals surface area (Å²) >= 11 is 0. The van der Waals surface area contributed by atoms with Crippen LogP contribution in [0.3, 0.4) is 0 Å². The zero-order valence-corrected chi connectivity index (χ0v) is 12.1. The number of benzene rings is 2. The SMILES string of the molecule is Cc1ccc(F)c(NCc2ccccc2OC(C)C)c1. The summed E-state index contributed by atoms with van der Waals surface area (Å²) < 4.78 is 19.4. The van der Waals surface area contributed by atoms with E-state index in [9.17, 15) is 4.39 Å². The minimum absolute atomic E-state index is 0.117. The van der Waals surface area contributed by atoms with Crippen molar-refractivity contribution < 1.29 is 9.13 Å². The highest BCUT2D eigenvalue weighted by molar-refractivity contribution is 5.48. The maximum absolute atomic E-state index is 13.7.